The summed E-state index contributed by atoms with van der Waals surface area (Å²) >= 11 is 0. The number of ketones is 1. The van der Waals surface area contributed by atoms with Crippen LogP contribution in [-0.4, -0.2) is 143 Å². The number of aromatic hydroxyl groups is 3. The Hall–Kier alpha value is -3.33. The second kappa shape index (κ2) is 13.4. The summed E-state index contributed by atoms with van der Waals surface area (Å²) in [5.41, 5.74) is -0.0773. The quantitative estimate of drug-likeness (QED) is 0.127. The molecule has 0 amide bonds. The number of benzene rings is 2. The van der Waals surface area contributed by atoms with Crippen molar-refractivity contribution in [1.29, 1.82) is 0 Å². The lowest BCUT2D eigenvalue weighted by Crippen LogP contribution is -2.59. The fourth-order valence-corrected chi connectivity index (χ4v) is 5.57. The zero-order valence-corrected chi connectivity index (χ0v) is 24.2. The van der Waals surface area contributed by atoms with Crippen LogP contribution in [0.1, 0.15) is 34.5 Å². The van der Waals surface area contributed by atoms with Crippen molar-refractivity contribution < 1.29 is 84.7 Å². The standard InChI is InChI=1S/C29H36O17/c1-2-10-13(42-7-15-19(33)22(36)24(38)28(40)45-15)6-14-17(18(10)32)21(35)27(26(44-14)9-3-4-11(30)12(31)5-9)43-8-16-20(34)23(37)25(39)29(41)46-16/h3-6,15-16,19-20,22-34,36-41H,2,7-8H2,1H3/t15-,16-,19-,20+,22+,23+,24-,25-,26-,27+,28-,29-/m1/s1. The SMILES string of the molecule is CCc1c(OC[C@H]2O[C@@H](O)[C@H](O)[C@@H](O)[C@@H]2O)cc2c(c1O)C(=O)[C@H](OC[C@H]1O[C@@H](O)[C@H](O)[C@@H](O)[C@H]1O)[C@@H](c1ccc(O)c(O)c1)O2. The molecule has 17 heteroatoms. The molecule has 254 valence electrons. The smallest absolute Gasteiger partial charge is 0.203 e. The molecule has 2 aromatic rings. The van der Waals surface area contributed by atoms with Crippen molar-refractivity contribution in [3.05, 3.63) is 41.0 Å². The van der Waals surface area contributed by atoms with Gasteiger partial charge in [0, 0.05) is 11.6 Å². The van der Waals surface area contributed by atoms with Gasteiger partial charge in [0.25, 0.3) is 0 Å². The first-order chi connectivity index (χ1) is 21.7. The van der Waals surface area contributed by atoms with Crippen molar-refractivity contribution in [3.63, 3.8) is 0 Å². The van der Waals surface area contributed by atoms with Crippen LogP contribution < -0.4 is 9.47 Å². The van der Waals surface area contributed by atoms with Gasteiger partial charge in [-0.15, -0.1) is 0 Å². The topological polar surface area (TPSA) is 286 Å². The van der Waals surface area contributed by atoms with Crippen molar-refractivity contribution in [1.82, 2.24) is 0 Å². The van der Waals surface area contributed by atoms with Crippen LogP contribution in [0.4, 0.5) is 0 Å². The molecule has 2 aromatic carbocycles. The predicted octanol–water partition coefficient (Wildman–Crippen LogP) is -2.95. The minimum atomic E-state index is -1.87. The summed E-state index contributed by atoms with van der Waals surface area (Å²) in [6, 6.07) is 4.84. The molecule has 0 saturated carbocycles. The van der Waals surface area contributed by atoms with Crippen molar-refractivity contribution in [2.45, 2.75) is 87.0 Å². The fourth-order valence-electron chi connectivity index (χ4n) is 5.57. The van der Waals surface area contributed by atoms with Gasteiger partial charge in [0.2, 0.25) is 5.78 Å². The van der Waals surface area contributed by atoms with Gasteiger partial charge in [0.1, 0.15) is 78.3 Å². The molecule has 17 nitrogen and oxygen atoms in total. The molecule has 3 heterocycles. The molecule has 11 N–H and O–H groups in total. The van der Waals surface area contributed by atoms with Crippen LogP contribution in [0.2, 0.25) is 0 Å². The van der Waals surface area contributed by atoms with Crippen molar-refractivity contribution in [3.8, 4) is 28.7 Å². The largest absolute Gasteiger partial charge is 0.507 e. The molecule has 0 bridgehead atoms. The maximum absolute atomic E-state index is 13.9. The Bertz CT molecular complexity index is 1420. The Balaban J connectivity index is 1.46. The molecule has 5 rings (SSSR count). The van der Waals surface area contributed by atoms with Crippen LogP contribution in [0.25, 0.3) is 0 Å². The summed E-state index contributed by atoms with van der Waals surface area (Å²) in [6.07, 6.45) is -19.7. The molecule has 3 aliphatic heterocycles. The summed E-state index contributed by atoms with van der Waals surface area (Å²) in [5, 5.41) is 111. The molecule has 2 fully saturated rings. The Labute approximate surface area is 260 Å². The van der Waals surface area contributed by atoms with Crippen molar-refractivity contribution >= 4 is 5.78 Å². The second-order valence-corrected chi connectivity index (χ2v) is 11.2. The number of rotatable bonds is 8. The summed E-state index contributed by atoms with van der Waals surface area (Å²) in [6.45, 7) is 0.551. The lowest BCUT2D eigenvalue weighted by Gasteiger charge is -2.39. The summed E-state index contributed by atoms with van der Waals surface area (Å²) in [7, 11) is 0. The minimum Gasteiger partial charge on any atom is -0.507 e. The maximum atomic E-state index is 13.9. The number of hydrogen-bond acceptors (Lipinski definition) is 17. The monoisotopic (exact) mass is 656 g/mol. The Kier molecular flexibility index (Phi) is 9.92. The van der Waals surface area contributed by atoms with E-state index in [-0.39, 0.29) is 34.6 Å². The molecule has 46 heavy (non-hydrogen) atoms. The first-order valence-corrected chi connectivity index (χ1v) is 14.4. The second-order valence-electron chi connectivity index (χ2n) is 11.2. The van der Waals surface area contributed by atoms with E-state index < -0.39 is 110 Å². The molecule has 3 aliphatic rings. The number of aliphatic hydroxyl groups excluding tert-OH is 8. The van der Waals surface area contributed by atoms with Crippen LogP contribution in [0, 0.1) is 0 Å². The number of ether oxygens (including phenoxy) is 5. The van der Waals surface area contributed by atoms with Crippen LogP contribution in [0.5, 0.6) is 28.7 Å². The van der Waals surface area contributed by atoms with E-state index >= 15 is 0 Å². The van der Waals surface area contributed by atoms with Gasteiger partial charge in [-0.3, -0.25) is 4.79 Å². The predicted molar refractivity (Wildman–Crippen MR) is 148 cm³/mol. The normalized spacial score (nSPS) is 36.2. The van der Waals surface area contributed by atoms with Gasteiger partial charge in [-0.05, 0) is 24.1 Å². The Morgan fingerprint density at radius 2 is 1.33 bits per heavy atom. The summed E-state index contributed by atoms with van der Waals surface area (Å²) in [4.78, 5) is 13.9. The van der Waals surface area contributed by atoms with E-state index in [9.17, 15) is 61.0 Å². The highest BCUT2D eigenvalue weighted by Crippen LogP contribution is 2.47. The molecule has 12 atom stereocenters. The molecule has 0 radical (unpaired) electrons. The zero-order chi connectivity index (χ0) is 33.6. The third kappa shape index (κ3) is 6.19. The van der Waals surface area contributed by atoms with Gasteiger partial charge in [-0.1, -0.05) is 13.0 Å². The van der Waals surface area contributed by atoms with Crippen molar-refractivity contribution in [2.75, 3.05) is 13.2 Å². The minimum absolute atomic E-state index is 0.0237. The fraction of sp³-hybridized carbons (Fsp3) is 0.552. The zero-order valence-electron chi connectivity index (χ0n) is 24.2. The molecule has 0 unspecified atom stereocenters. The Morgan fingerprint density at radius 1 is 0.739 bits per heavy atom. The van der Waals surface area contributed by atoms with Crippen LogP contribution in [0.15, 0.2) is 24.3 Å². The number of phenolic OH excluding ortho intramolecular Hbond substituents is 3. The number of fused-ring (bicyclic) bond motifs is 1. The molecule has 0 spiro atoms. The number of hydrogen-bond donors (Lipinski definition) is 11. The Morgan fingerprint density at radius 3 is 1.89 bits per heavy atom. The average Bonchev–Trinajstić information content (AvgIpc) is 3.02. The molecule has 0 aromatic heterocycles. The van der Waals surface area contributed by atoms with E-state index in [1.165, 1.54) is 12.1 Å². The van der Waals surface area contributed by atoms with Gasteiger partial charge in [-0.2, -0.15) is 0 Å². The number of carbonyl (C=O) groups excluding carboxylic acids is 1. The van der Waals surface area contributed by atoms with Crippen molar-refractivity contribution in [2.24, 2.45) is 0 Å². The lowest BCUT2D eigenvalue weighted by molar-refractivity contribution is -0.290. The van der Waals surface area contributed by atoms with Crippen LogP contribution in [-0.2, 0) is 20.6 Å². The van der Waals surface area contributed by atoms with Gasteiger partial charge in [-0.25, -0.2) is 0 Å². The van der Waals surface area contributed by atoms with Gasteiger partial charge >= 0.3 is 0 Å². The summed E-state index contributed by atoms with van der Waals surface area (Å²) in [5.74, 6) is -2.63. The summed E-state index contributed by atoms with van der Waals surface area (Å²) < 4.78 is 27.9. The molecular weight excluding hydrogens is 620 g/mol. The number of aliphatic hydroxyl groups is 8. The van der Waals surface area contributed by atoms with E-state index in [4.69, 9.17) is 23.7 Å². The highest BCUT2D eigenvalue weighted by Gasteiger charge is 2.47. The van der Waals surface area contributed by atoms with E-state index in [1.807, 2.05) is 0 Å². The molecule has 0 aliphatic carbocycles. The van der Waals surface area contributed by atoms with Crippen LogP contribution in [0.3, 0.4) is 0 Å². The van der Waals surface area contributed by atoms with Gasteiger partial charge < -0.3 is 79.9 Å². The molecular formula is C29H36O17. The lowest BCUT2D eigenvalue weighted by atomic mass is 9.90. The highest BCUT2D eigenvalue weighted by molar-refractivity contribution is 6.06. The van der Waals surface area contributed by atoms with Crippen LogP contribution >= 0.6 is 0 Å². The molecule has 2 saturated heterocycles. The average molecular weight is 657 g/mol. The van der Waals surface area contributed by atoms with E-state index in [0.29, 0.717) is 0 Å². The van der Waals surface area contributed by atoms with E-state index in [1.54, 1.807) is 6.92 Å². The van der Waals surface area contributed by atoms with E-state index in [0.717, 1.165) is 12.1 Å². The van der Waals surface area contributed by atoms with Gasteiger partial charge in [0.05, 0.1) is 6.61 Å². The third-order valence-corrected chi connectivity index (χ3v) is 8.26. The number of Topliss-reactive ketones (excluding diaryl/α,β-unsaturated/α-hetero) is 1. The third-order valence-electron chi connectivity index (χ3n) is 8.26. The number of phenols is 3. The van der Waals surface area contributed by atoms with E-state index in [2.05, 4.69) is 0 Å². The first-order valence-electron chi connectivity index (χ1n) is 14.4. The van der Waals surface area contributed by atoms with Gasteiger partial charge in [0.15, 0.2) is 36.3 Å². The first kappa shape index (κ1) is 34.0. The maximum Gasteiger partial charge on any atom is 0.203 e. The number of carbonyl (C=O) groups is 1. The highest BCUT2D eigenvalue weighted by atomic mass is 16.7.